The number of benzene rings is 1. The van der Waals surface area contributed by atoms with Crippen molar-refractivity contribution in [2.24, 2.45) is 0 Å². The lowest BCUT2D eigenvalue weighted by atomic mass is 10.3. The summed E-state index contributed by atoms with van der Waals surface area (Å²) in [6.07, 6.45) is 3.38. The summed E-state index contributed by atoms with van der Waals surface area (Å²) in [4.78, 5) is 4.36. The number of rotatable bonds is 4. The summed E-state index contributed by atoms with van der Waals surface area (Å²) >= 11 is 13.7. The van der Waals surface area contributed by atoms with Crippen LogP contribution in [0.4, 0.5) is 0 Å². The van der Waals surface area contributed by atoms with E-state index in [0.29, 0.717) is 16.7 Å². The van der Waals surface area contributed by atoms with Gasteiger partial charge in [0.2, 0.25) is 0 Å². The lowest BCUT2D eigenvalue weighted by molar-refractivity contribution is 0.271. The van der Waals surface area contributed by atoms with Crippen LogP contribution in [-0.2, 0) is 6.61 Å². The molecule has 116 valence electrons. The molecule has 0 bridgehead atoms. The molecule has 0 amide bonds. The lowest BCUT2D eigenvalue weighted by Crippen LogP contribution is -1.92. The van der Waals surface area contributed by atoms with Crippen LogP contribution in [0.15, 0.2) is 52.7 Å². The van der Waals surface area contributed by atoms with Crippen molar-refractivity contribution in [3.63, 3.8) is 0 Å². The van der Waals surface area contributed by atoms with E-state index in [2.05, 4.69) is 4.98 Å². The van der Waals surface area contributed by atoms with Gasteiger partial charge in [-0.1, -0.05) is 23.2 Å². The summed E-state index contributed by atoms with van der Waals surface area (Å²) in [7, 11) is 0. The third kappa shape index (κ3) is 2.83. The first-order valence-corrected chi connectivity index (χ1v) is 8.40. The van der Waals surface area contributed by atoms with Gasteiger partial charge >= 0.3 is 0 Å². The fourth-order valence-electron chi connectivity index (χ4n) is 2.24. The average molecular weight is 365 g/mol. The maximum atomic E-state index is 6.11. The highest BCUT2D eigenvalue weighted by molar-refractivity contribution is 7.12. The molecule has 0 aliphatic carbocycles. The molecule has 4 rings (SSSR count). The van der Waals surface area contributed by atoms with Gasteiger partial charge in [-0.15, -0.1) is 11.3 Å². The third-order valence-corrected chi connectivity index (χ3v) is 4.98. The summed E-state index contributed by atoms with van der Waals surface area (Å²) in [5.74, 6) is 1.57. The molecule has 0 aliphatic rings. The molecule has 0 aliphatic heterocycles. The molecule has 0 saturated heterocycles. The van der Waals surface area contributed by atoms with Crippen molar-refractivity contribution in [1.29, 1.82) is 0 Å². The fourth-order valence-corrected chi connectivity index (χ4v) is 3.37. The van der Waals surface area contributed by atoms with Gasteiger partial charge in [-0.05, 0) is 24.3 Å². The Morgan fingerprint density at radius 3 is 2.91 bits per heavy atom. The standard InChI is InChI=1S/C16H10Cl2N2O2S/c17-12-5-14-15(6-13(12)18)20(9-19-14)16-4-11(8-23-16)22-7-10-2-1-3-21-10/h1-6,8-9H,7H2. The van der Waals surface area contributed by atoms with Gasteiger partial charge in [0.15, 0.2) is 0 Å². The normalized spacial score (nSPS) is 11.2. The average Bonchev–Trinajstić information content (AvgIpc) is 3.25. The highest BCUT2D eigenvalue weighted by atomic mass is 35.5. The molecule has 7 heteroatoms. The molecule has 1 aromatic carbocycles. The predicted molar refractivity (Wildman–Crippen MR) is 92.0 cm³/mol. The molecule has 4 nitrogen and oxygen atoms in total. The largest absolute Gasteiger partial charge is 0.485 e. The van der Waals surface area contributed by atoms with Gasteiger partial charge in [0.25, 0.3) is 0 Å². The van der Waals surface area contributed by atoms with Crippen LogP contribution in [-0.4, -0.2) is 9.55 Å². The van der Waals surface area contributed by atoms with Gasteiger partial charge in [0, 0.05) is 11.4 Å². The van der Waals surface area contributed by atoms with Crippen molar-refractivity contribution in [3.8, 4) is 10.8 Å². The Kier molecular flexibility index (Phi) is 3.77. The summed E-state index contributed by atoms with van der Waals surface area (Å²) in [6, 6.07) is 9.25. The van der Waals surface area contributed by atoms with Crippen LogP contribution < -0.4 is 4.74 Å². The Bertz CT molecular complexity index is 960. The van der Waals surface area contributed by atoms with Gasteiger partial charge in [-0.25, -0.2) is 4.98 Å². The highest BCUT2D eigenvalue weighted by Crippen LogP contribution is 2.32. The van der Waals surface area contributed by atoms with E-state index in [0.717, 1.165) is 27.5 Å². The van der Waals surface area contributed by atoms with Crippen LogP contribution in [0.2, 0.25) is 10.0 Å². The van der Waals surface area contributed by atoms with E-state index in [1.165, 1.54) is 0 Å². The van der Waals surface area contributed by atoms with Crippen LogP contribution >= 0.6 is 34.5 Å². The summed E-state index contributed by atoms with van der Waals surface area (Å²) in [5.41, 5.74) is 1.70. The van der Waals surface area contributed by atoms with E-state index in [9.17, 15) is 0 Å². The Hall–Kier alpha value is -1.95. The number of hydrogen-bond donors (Lipinski definition) is 0. The van der Waals surface area contributed by atoms with Gasteiger partial charge in [-0.3, -0.25) is 4.57 Å². The number of aromatic nitrogens is 2. The Morgan fingerprint density at radius 1 is 1.22 bits per heavy atom. The summed E-state index contributed by atoms with van der Waals surface area (Å²) < 4.78 is 12.9. The van der Waals surface area contributed by atoms with Crippen molar-refractivity contribution in [2.45, 2.75) is 6.61 Å². The van der Waals surface area contributed by atoms with Crippen LogP contribution in [0.3, 0.4) is 0 Å². The minimum Gasteiger partial charge on any atom is -0.485 e. The molecule has 0 radical (unpaired) electrons. The Balaban J connectivity index is 1.62. The minimum absolute atomic E-state index is 0.398. The van der Waals surface area contributed by atoms with E-state index in [1.807, 2.05) is 34.2 Å². The molecule has 0 unspecified atom stereocenters. The number of ether oxygens (including phenoxy) is 1. The van der Waals surface area contributed by atoms with Gasteiger partial charge in [0.05, 0.1) is 27.3 Å². The molecule has 23 heavy (non-hydrogen) atoms. The van der Waals surface area contributed by atoms with Crippen LogP contribution in [0, 0.1) is 0 Å². The zero-order valence-electron chi connectivity index (χ0n) is 11.7. The maximum Gasteiger partial charge on any atom is 0.146 e. The highest BCUT2D eigenvalue weighted by Gasteiger charge is 2.11. The van der Waals surface area contributed by atoms with Gasteiger partial charge in [-0.2, -0.15) is 0 Å². The van der Waals surface area contributed by atoms with Gasteiger partial charge < -0.3 is 9.15 Å². The first-order valence-electron chi connectivity index (χ1n) is 6.77. The Labute approximate surface area is 145 Å². The number of halogens is 2. The third-order valence-electron chi connectivity index (χ3n) is 3.35. The molecule has 3 heterocycles. The van der Waals surface area contributed by atoms with Crippen molar-refractivity contribution in [1.82, 2.24) is 9.55 Å². The predicted octanol–water partition coefficient (Wildman–Crippen LogP) is 5.57. The lowest BCUT2D eigenvalue weighted by Gasteiger charge is -2.02. The molecule has 0 atom stereocenters. The monoisotopic (exact) mass is 364 g/mol. The second-order valence-electron chi connectivity index (χ2n) is 4.86. The Morgan fingerprint density at radius 2 is 2.09 bits per heavy atom. The quantitative estimate of drug-likeness (QED) is 0.475. The van der Waals surface area contributed by atoms with Crippen LogP contribution in [0.5, 0.6) is 5.75 Å². The van der Waals surface area contributed by atoms with E-state index >= 15 is 0 Å². The molecule has 4 aromatic rings. The molecule has 0 N–H and O–H groups in total. The fraction of sp³-hybridized carbons (Fsp3) is 0.0625. The van der Waals surface area contributed by atoms with E-state index in [-0.39, 0.29) is 0 Å². The molecular weight excluding hydrogens is 355 g/mol. The minimum atomic E-state index is 0.398. The zero-order valence-corrected chi connectivity index (χ0v) is 14.0. The number of furan rings is 1. The smallest absolute Gasteiger partial charge is 0.146 e. The van der Waals surface area contributed by atoms with Crippen molar-refractivity contribution < 1.29 is 9.15 Å². The van der Waals surface area contributed by atoms with E-state index in [1.54, 1.807) is 30.0 Å². The zero-order chi connectivity index (χ0) is 15.8. The van der Waals surface area contributed by atoms with E-state index in [4.69, 9.17) is 32.4 Å². The summed E-state index contributed by atoms with van der Waals surface area (Å²) in [5, 5.41) is 3.94. The molecule has 0 saturated carbocycles. The number of nitrogens with zero attached hydrogens (tertiary/aromatic N) is 2. The summed E-state index contributed by atoms with van der Waals surface area (Å²) in [6.45, 7) is 0.398. The topological polar surface area (TPSA) is 40.2 Å². The molecule has 3 aromatic heterocycles. The van der Waals surface area contributed by atoms with E-state index < -0.39 is 0 Å². The first-order chi connectivity index (χ1) is 11.2. The van der Waals surface area contributed by atoms with Crippen molar-refractivity contribution in [2.75, 3.05) is 0 Å². The first kappa shape index (κ1) is 14.6. The van der Waals surface area contributed by atoms with Gasteiger partial charge in [0.1, 0.15) is 29.4 Å². The second-order valence-corrected chi connectivity index (χ2v) is 6.56. The van der Waals surface area contributed by atoms with Crippen molar-refractivity contribution >= 4 is 45.6 Å². The number of fused-ring (bicyclic) bond motifs is 1. The van der Waals surface area contributed by atoms with Crippen LogP contribution in [0.25, 0.3) is 16.0 Å². The number of thiophene rings is 1. The SMILES string of the molecule is Clc1cc2ncn(-c3cc(OCc4ccco4)cs3)c2cc1Cl. The molecular formula is C16H10Cl2N2O2S. The molecule has 0 spiro atoms. The number of hydrogen-bond acceptors (Lipinski definition) is 4. The number of imidazole rings is 1. The van der Waals surface area contributed by atoms with Crippen LogP contribution in [0.1, 0.15) is 5.76 Å². The maximum absolute atomic E-state index is 6.11. The second kappa shape index (κ2) is 5.92. The van der Waals surface area contributed by atoms with Crippen molar-refractivity contribution in [3.05, 3.63) is 64.1 Å². The molecule has 0 fully saturated rings.